The van der Waals surface area contributed by atoms with Crippen LogP contribution >= 0.6 is 35.6 Å². The van der Waals surface area contributed by atoms with Gasteiger partial charge in [0.05, 0.1) is 10.7 Å². The van der Waals surface area contributed by atoms with Gasteiger partial charge in [0.15, 0.2) is 5.96 Å². The molecule has 3 heterocycles. The van der Waals surface area contributed by atoms with Crippen molar-refractivity contribution in [2.75, 3.05) is 25.0 Å². The van der Waals surface area contributed by atoms with Crippen LogP contribution in [0.5, 0.6) is 0 Å². The summed E-state index contributed by atoms with van der Waals surface area (Å²) in [5.41, 5.74) is 3.71. The van der Waals surface area contributed by atoms with Crippen molar-refractivity contribution < 1.29 is 0 Å². The van der Waals surface area contributed by atoms with Crippen molar-refractivity contribution in [2.45, 2.75) is 45.7 Å². The molecule has 0 aromatic carbocycles. The Balaban J connectivity index is 0.00000300. The summed E-state index contributed by atoms with van der Waals surface area (Å²) in [6, 6.07) is 4.04. The van der Waals surface area contributed by atoms with E-state index in [2.05, 4.69) is 44.5 Å². The molecule has 2 aromatic heterocycles. The van der Waals surface area contributed by atoms with Gasteiger partial charge in [-0.2, -0.15) is 5.10 Å². The lowest BCUT2D eigenvalue weighted by molar-refractivity contribution is 0.647. The SMILES string of the molecule is CCc1nn(C)c(CC)c1CNC(=NC)NC1CCN(c2ncccc2Cl)C1.I. The number of guanidine groups is 1. The Labute approximate surface area is 195 Å². The highest BCUT2D eigenvalue weighted by Gasteiger charge is 2.25. The monoisotopic (exact) mass is 531 g/mol. The average molecular weight is 532 g/mol. The smallest absolute Gasteiger partial charge is 0.191 e. The van der Waals surface area contributed by atoms with Gasteiger partial charge in [0, 0.05) is 57.2 Å². The van der Waals surface area contributed by atoms with Crippen molar-refractivity contribution in [3.8, 4) is 0 Å². The number of hydrogen-bond donors (Lipinski definition) is 2. The first-order chi connectivity index (χ1) is 13.6. The maximum atomic E-state index is 6.29. The maximum absolute atomic E-state index is 6.29. The van der Waals surface area contributed by atoms with E-state index in [4.69, 9.17) is 11.6 Å². The van der Waals surface area contributed by atoms with Crippen LogP contribution in [-0.2, 0) is 26.4 Å². The van der Waals surface area contributed by atoms with Crippen molar-refractivity contribution in [2.24, 2.45) is 12.0 Å². The van der Waals surface area contributed by atoms with E-state index in [0.29, 0.717) is 11.1 Å². The first-order valence-corrected chi connectivity index (χ1v) is 10.3. The molecule has 29 heavy (non-hydrogen) atoms. The quantitative estimate of drug-likeness (QED) is 0.340. The summed E-state index contributed by atoms with van der Waals surface area (Å²) in [7, 11) is 3.83. The number of halogens is 2. The van der Waals surface area contributed by atoms with E-state index < -0.39 is 0 Å². The molecule has 1 aliphatic heterocycles. The molecule has 2 aromatic rings. The lowest BCUT2D eigenvalue weighted by Crippen LogP contribution is -2.44. The zero-order valence-electron chi connectivity index (χ0n) is 17.6. The predicted octanol–water partition coefficient (Wildman–Crippen LogP) is 3.16. The highest BCUT2D eigenvalue weighted by molar-refractivity contribution is 14.0. The van der Waals surface area contributed by atoms with Crippen LogP contribution in [0.25, 0.3) is 0 Å². The molecule has 1 aliphatic rings. The van der Waals surface area contributed by atoms with E-state index in [9.17, 15) is 0 Å². The molecule has 0 saturated carbocycles. The molecular weight excluding hydrogens is 501 g/mol. The average Bonchev–Trinajstić information content (AvgIpc) is 3.28. The van der Waals surface area contributed by atoms with Gasteiger partial charge in [0.2, 0.25) is 0 Å². The Morgan fingerprint density at radius 1 is 1.34 bits per heavy atom. The lowest BCUT2D eigenvalue weighted by Gasteiger charge is -2.20. The summed E-state index contributed by atoms with van der Waals surface area (Å²) >= 11 is 6.29. The van der Waals surface area contributed by atoms with Crippen LogP contribution in [0.2, 0.25) is 5.02 Å². The van der Waals surface area contributed by atoms with E-state index in [1.807, 2.05) is 30.9 Å². The molecule has 1 saturated heterocycles. The molecule has 0 spiro atoms. The number of nitrogens with zero attached hydrogens (tertiary/aromatic N) is 5. The highest BCUT2D eigenvalue weighted by Crippen LogP contribution is 2.25. The summed E-state index contributed by atoms with van der Waals surface area (Å²) in [6.45, 7) is 6.82. The number of aliphatic imine (C=N–C) groups is 1. The van der Waals surface area contributed by atoms with Gasteiger partial charge in [-0.3, -0.25) is 9.67 Å². The third-order valence-electron chi connectivity index (χ3n) is 5.25. The summed E-state index contributed by atoms with van der Waals surface area (Å²) in [5.74, 6) is 1.67. The van der Waals surface area contributed by atoms with Gasteiger partial charge < -0.3 is 15.5 Å². The number of anilines is 1. The number of aromatic nitrogens is 3. The number of aryl methyl sites for hydroxylation is 2. The van der Waals surface area contributed by atoms with E-state index in [1.54, 1.807) is 6.20 Å². The lowest BCUT2D eigenvalue weighted by atomic mass is 10.1. The van der Waals surface area contributed by atoms with Crippen LogP contribution in [0.15, 0.2) is 23.3 Å². The molecule has 0 amide bonds. The zero-order valence-corrected chi connectivity index (χ0v) is 20.7. The summed E-state index contributed by atoms with van der Waals surface area (Å²) < 4.78 is 2.00. The fraction of sp³-hybridized carbons (Fsp3) is 0.550. The van der Waals surface area contributed by atoms with Gasteiger partial charge >= 0.3 is 0 Å². The Morgan fingerprint density at radius 2 is 2.14 bits per heavy atom. The fourth-order valence-electron chi connectivity index (χ4n) is 3.83. The molecule has 0 radical (unpaired) electrons. The van der Waals surface area contributed by atoms with Gasteiger partial charge in [0.1, 0.15) is 5.82 Å². The second kappa shape index (κ2) is 11.0. The molecule has 7 nitrogen and oxygen atoms in total. The molecule has 2 N–H and O–H groups in total. The van der Waals surface area contributed by atoms with Crippen molar-refractivity contribution in [1.82, 2.24) is 25.4 Å². The zero-order chi connectivity index (χ0) is 20.1. The van der Waals surface area contributed by atoms with Crippen LogP contribution in [0.1, 0.15) is 37.2 Å². The molecule has 160 valence electrons. The molecule has 0 aliphatic carbocycles. The topological polar surface area (TPSA) is 70.4 Å². The largest absolute Gasteiger partial charge is 0.353 e. The second-order valence-corrected chi connectivity index (χ2v) is 7.42. The molecule has 1 fully saturated rings. The summed E-state index contributed by atoms with van der Waals surface area (Å²) in [6.07, 6.45) is 4.70. The molecule has 9 heteroatoms. The predicted molar refractivity (Wildman–Crippen MR) is 131 cm³/mol. The van der Waals surface area contributed by atoms with Crippen molar-refractivity contribution >= 4 is 47.4 Å². The number of hydrogen-bond acceptors (Lipinski definition) is 4. The number of rotatable bonds is 6. The Kier molecular flexibility index (Phi) is 9.01. The molecule has 1 unspecified atom stereocenters. The van der Waals surface area contributed by atoms with E-state index in [0.717, 1.165) is 56.4 Å². The fourth-order valence-corrected chi connectivity index (χ4v) is 4.08. The minimum Gasteiger partial charge on any atom is -0.353 e. The third-order valence-corrected chi connectivity index (χ3v) is 5.55. The molecular formula is C20H31ClIN7. The Morgan fingerprint density at radius 3 is 2.79 bits per heavy atom. The van der Waals surface area contributed by atoms with E-state index >= 15 is 0 Å². The third kappa shape index (κ3) is 5.53. The van der Waals surface area contributed by atoms with Gasteiger partial charge in [-0.15, -0.1) is 24.0 Å². The second-order valence-electron chi connectivity index (χ2n) is 7.01. The van der Waals surface area contributed by atoms with Crippen molar-refractivity contribution in [1.29, 1.82) is 0 Å². The minimum absolute atomic E-state index is 0. The van der Waals surface area contributed by atoms with E-state index in [-0.39, 0.29) is 24.0 Å². The highest BCUT2D eigenvalue weighted by atomic mass is 127. The first-order valence-electron chi connectivity index (χ1n) is 9.93. The Bertz CT molecular complexity index is 836. The normalized spacial score (nSPS) is 16.7. The molecule has 1 atom stereocenters. The van der Waals surface area contributed by atoms with Gasteiger partial charge in [-0.1, -0.05) is 25.4 Å². The van der Waals surface area contributed by atoms with Crippen LogP contribution in [-0.4, -0.2) is 46.9 Å². The number of pyridine rings is 1. The van der Waals surface area contributed by atoms with Gasteiger partial charge in [0.25, 0.3) is 0 Å². The number of nitrogens with one attached hydrogen (secondary N) is 2. The minimum atomic E-state index is 0. The van der Waals surface area contributed by atoms with Crippen LogP contribution in [0.4, 0.5) is 5.82 Å². The van der Waals surface area contributed by atoms with E-state index in [1.165, 1.54) is 11.3 Å². The van der Waals surface area contributed by atoms with Crippen molar-refractivity contribution in [3.05, 3.63) is 40.3 Å². The van der Waals surface area contributed by atoms with Crippen LogP contribution in [0.3, 0.4) is 0 Å². The Hall–Kier alpha value is -1.55. The summed E-state index contributed by atoms with van der Waals surface area (Å²) in [5, 5.41) is 12.3. The molecule has 3 rings (SSSR count). The van der Waals surface area contributed by atoms with Crippen LogP contribution in [0, 0.1) is 0 Å². The molecule has 0 bridgehead atoms. The van der Waals surface area contributed by atoms with Crippen molar-refractivity contribution in [3.63, 3.8) is 0 Å². The summed E-state index contributed by atoms with van der Waals surface area (Å²) in [4.78, 5) is 11.0. The van der Waals surface area contributed by atoms with Gasteiger partial charge in [-0.05, 0) is 31.4 Å². The van der Waals surface area contributed by atoms with Gasteiger partial charge in [-0.25, -0.2) is 4.98 Å². The first kappa shape index (κ1) is 23.7. The maximum Gasteiger partial charge on any atom is 0.191 e. The standard InChI is InChI=1S/C20H30ClN7.HI/c1-5-17-15(18(6-2)27(4)26-17)12-24-20(22-3)25-14-9-11-28(13-14)19-16(21)8-7-10-23-19;/h7-8,10,14H,5-6,9,11-13H2,1-4H3,(H2,22,24,25);1H. The van der Waals surface area contributed by atoms with Crippen LogP contribution < -0.4 is 15.5 Å².